The Morgan fingerprint density at radius 2 is 2.00 bits per heavy atom. The maximum Gasteiger partial charge on any atom is 0.318 e. The van der Waals surface area contributed by atoms with E-state index in [4.69, 9.17) is 0 Å². The summed E-state index contributed by atoms with van der Waals surface area (Å²) >= 11 is 0. The van der Waals surface area contributed by atoms with Gasteiger partial charge in [0.2, 0.25) is 0 Å². The Balaban J connectivity index is 2.23. The van der Waals surface area contributed by atoms with E-state index in [0.717, 1.165) is 24.8 Å². The second-order valence-electron chi connectivity index (χ2n) is 3.99. The highest BCUT2D eigenvalue weighted by Crippen LogP contribution is 2.03. The summed E-state index contributed by atoms with van der Waals surface area (Å²) in [6, 6.07) is 5.83. The van der Waals surface area contributed by atoms with Crippen LogP contribution in [0.25, 0.3) is 6.08 Å². The summed E-state index contributed by atoms with van der Waals surface area (Å²) in [5.41, 5.74) is 0.836. The molecule has 1 aromatic rings. The van der Waals surface area contributed by atoms with E-state index >= 15 is 0 Å². The number of rotatable bonds is 6. The van der Waals surface area contributed by atoms with E-state index in [1.165, 1.54) is 12.1 Å². The minimum absolute atomic E-state index is 0.218. The fourth-order valence-electron chi connectivity index (χ4n) is 1.42. The summed E-state index contributed by atoms with van der Waals surface area (Å²) in [6.07, 6.45) is 6.50. The molecule has 0 aromatic heterocycles. The standard InChI is InChI=1S/C14H19FN2O/c1-2-3-4-10-16-14(18)17-11-9-12-5-7-13(15)8-6-12/h5-9,11H,2-4,10H2,1H3,(H2,16,17,18)/b11-9+. The molecule has 3 nitrogen and oxygen atoms in total. The van der Waals surface area contributed by atoms with Crippen molar-refractivity contribution in [3.63, 3.8) is 0 Å². The number of hydrogen-bond acceptors (Lipinski definition) is 1. The molecule has 0 heterocycles. The number of benzene rings is 1. The van der Waals surface area contributed by atoms with E-state index in [-0.39, 0.29) is 11.8 Å². The number of carbonyl (C=O) groups excluding carboxylic acids is 1. The first-order chi connectivity index (χ1) is 8.72. The summed E-state index contributed by atoms with van der Waals surface area (Å²) in [7, 11) is 0. The molecule has 0 aliphatic carbocycles. The normalized spacial score (nSPS) is 10.6. The predicted molar refractivity (Wildman–Crippen MR) is 71.5 cm³/mol. The van der Waals surface area contributed by atoms with Crippen LogP contribution in [0.15, 0.2) is 30.5 Å². The molecule has 0 saturated heterocycles. The van der Waals surface area contributed by atoms with Gasteiger partial charge in [0, 0.05) is 12.7 Å². The van der Waals surface area contributed by atoms with Crippen molar-refractivity contribution >= 4 is 12.1 Å². The van der Waals surface area contributed by atoms with Gasteiger partial charge in [0.15, 0.2) is 0 Å². The Morgan fingerprint density at radius 1 is 1.28 bits per heavy atom. The number of carbonyl (C=O) groups is 1. The van der Waals surface area contributed by atoms with Crippen molar-refractivity contribution < 1.29 is 9.18 Å². The Bertz CT molecular complexity index is 387. The van der Waals surface area contributed by atoms with Crippen LogP contribution in [0.5, 0.6) is 0 Å². The van der Waals surface area contributed by atoms with Crippen molar-refractivity contribution in [3.05, 3.63) is 41.8 Å². The molecule has 0 saturated carbocycles. The predicted octanol–water partition coefficient (Wildman–Crippen LogP) is 3.29. The lowest BCUT2D eigenvalue weighted by Crippen LogP contribution is -2.32. The van der Waals surface area contributed by atoms with Crippen molar-refractivity contribution in [2.45, 2.75) is 26.2 Å². The number of urea groups is 1. The Labute approximate surface area is 107 Å². The van der Waals surface area contributed by atoms with Gasteiger partial charge in [-0.3, -0.25) is 0 Å². The lowest BCUT2D eigenvalue weighted by atomic mass is 10.2. The van der Waals surface area contributed by atoms with Gasteiger partial charge >= 0.3 is 6.03 Å². The molecule has 4 heteroatoms. The summed E-state index contributed by atoms with van der Waals surface area (Å²) in [6.45, 7) is 2.80. The van der Waals surface area contributed by atoms with E-state index in [0.29, 0.717) is 6.54 Å². The molecule has 2 amide bonds. The quantitative estimate of drug-likeness (QED) is 0.747. The third-order valence-corrected chi connectivity index (χ3v) is 2.43. The zero-order valence-electron chi connectivity index (χ0n) is 10.6. The molecular formula is C14H19FN2O. The van der Waals surface area contributed by atoms with Crippen LogP contribution in [0, 0.1) is 5.82 Å². The van der Waals surface area contributed by atoms with Crippen LogP contribution < -0.4 is 10.6 Å². The molecular weight excluding hydrogens is 231 g/mol. The number of hydrogen-bond donors (Lipinski definition) is 2. The highest BCUT2D eigenvalue weighted by Gasteiger charge is 1.95. The minimum Gasteiger partial charge on any atom is -0.338 e. The van der Waals surface area contributed by atoms with E-state index in [1.807, 2.05) is 0 Å². The summed E-state index contributed by atoms with van der Waals surface area (Å²) in [4.78, 5) is 11.3. The fraction of sp³-hybridized carbons (Fsp3) is 0.357. The highest BCUT2D eigenvalue weighted by molar-refractivity contribution is 5.75. The lowest BCUT2D eigenvalue weighted by molar-refractivity contribution is 0.244. The zero-order chi connectivity index (χ0) is 13.2. The fourth-order valence-corrected chi connectivity index (χ4v) is 1.42. The molecule has 0 atom stereocenters. The number of halogens is 1. The van der Waals surface area contributed by atoms with E-state index in [1.54, 1.807) is 24.4 Å². The molecule has 18 heavy (non-hydrogen) atoms. The molecule has 98 valence electrons. The zero-order valence-corrected chi connectivity index (χ0v) is 10.6. The second-order valence-corrected chi connectivity index (χ2v) is 3.99. The number of nitrogens with one attached hydrogen (secondary N) is 2. The van der Waals surface area contributed by atoms with Gasteiger partial charge in [0.05, 0.1) is 0 Å². The van der Waals surface area contributed by atoms with Gasteiger partial charge in [-0.1, -0.05) is 31.9 Å². The molecule has 2 N–H and O–H groups in total. The molecule has 1 rings (SSSR count). The molecule has 0 unspecified atom stereocenters. The van der Waals surface area contributed by atoms with Gasteiger partial charge in [0.1, 0.15) is 5.82 Å². The van der Waals surface area contributed by atoms with Crippen molar-refractivity contribution in [2.24, 2.45) is 0 Å². The smallest absolute Gasteiger partial charge is 0.318 e. The first-order valence-electron chi connectivity index (χ1n) is 6.19. The molecule has 0 aliphatic heterocycles. The van der Waals surface area contributed by atoms with Crippen LogP contribution in [0.1, 0.15) is 31.7 Å². The molecule has 0 radical (unpaired) electrons. The minimum atomic E-state index is -0.270. The summed E-state index contributed by atoms with van der Waals surface area (Å²) in [5.74, 6) is -0.270. The Hall–Kier alpha value is -1.84. The summed E-state index contributed by atoms with van der Waals surface area (Å²) in [5, 5.41) is 5.35. The molecule has 0 fully saturated rings. The SMILES string of the molecule is CCCCCNC(=O)N/C=C/c1ccc(F)cc1. The Kier molecular flexibility index (Phi) is 6.54. The third-order valence-electron chi connectivity index (χ3n) is 2.43. The van der Waals surface area contributed by atoms with Crippen molar-refractivity contribution in [1.82, 2.24) is 10.6 Å². The lowest BCUT2D eigenvalue weighted by Gasteiger charge is -2.03. The maximum atomic E-state index is 12.6. The van der Waals surface area contributed by atoms with Crippen LogP contribution in [-0.2, 0) is 0 Å². The van der Waals surface area contributed by atoms with Gasteiger partial charge in [-0.2, -0.15) is 0 Å². The van der Waals surface area contributed by atoms with Gasteiger partial charge in [0.25, 0.3) is 0 Å². The third kappa shape index (κ3) is 6.03. The van der Waals surface area contributed by atoms with Gasteiger partial charge in [-0.25, -0.2) is 9.18 Å². The van der Waals surface area contributed by atoms with Crippen LogP contribution in [-0.4, -0.2) is 12.6 Å². The average Bonchev–Trinajstić information content (AvgIpc) is 2.37. The Morgan fingerprint density at radius 3 is 2.67 bits per heavy atom. The van der Waals surface area contributed by atoms with E-state index in [9.17, 15) is 9.18 Å². The average molecular weight is 250 g/mol. The topological polar surface area (TPSA) is 41.1 Å². The van der Waals surface area contributed by atoms with Crippen molar-refractivity contribution in [3.8, 4) is 0 Å². The summed E-state index contributed by atoms with van der Waals surface area (Å²) < 4.78 is 12.6. The molecule has 0 bridgehead atoms. The largest absolute Gasteiger partial charge is 0.338 e. The maximum absolute atomic E-state index is 12.6. The van der Waals surface area contributed by atoms with E-state index in [2.05, 4.69) is 17.6 Å². The molecule has 0 aliphatic rings. The van der Waals surface area contributed by atoms with Crippen molar-refractivity contribution in [2.75, 3.05) is 6.54 Å². The molecule has 1 aromatic carbocycles. The van der Waals surface area contributed by atoms with Gasteiger partial charge in [-0.15, -0.1) is 0 Å². The first-order valence-corrected chi connectivity index (χ1v) is 6.19. The first kappa shape index (κ1) is 14.2. The van der Waals surface area contributed by atoms with Crippen LogP contribution in [0.2, 0.25) is 0 Å². The van der Waals surface area contributed by atoms with Crippen molar-refractivity contribution in [1.29, 1.82) is 0 Å². The monoisotopic (exact) mass is 250 g/mol. The second kappa shape index (κ2) is 8.28. The number of unbranched alkanes of at least 4 members (excludes halogenated alkanes) is 2. The van der Waals surface area contributed by atoms with E-state index < -0.39 is 0 Å². The van der Waals surface area contributed by atoms with Crippen LogP contribution >= 0.6 is 0 Å². The van der Waals surface area contributed by atoms with Crippen LogP contribution in [0.4, 0.5) is 9.18 Å². The van der Waals surface area contributed by atoms with Gasteiger partial charge in [-0.05, 0) is 30.2 Å². The molecule has 0 spiro atoms. The number of amides is 2. The van der Waals surface area contributed by atoms with Gasteiger partial charge < -0.3 is 10.6 Å². The highest BCUT2D eigenvalue weighted by atomic mass is 19.1. The van der Waals surface area contributed by atoms with Crippen LogP contribution in [0.3, 0.4) is 0 Å².